The number of ether oxygens (including phenoxy) is 1. The molecule has 1 saturated heterocycles. The standard InChI is InChI=1S/C16H29N5O2Si/c1-16(2,3)24(4,5)22-8-11-6-7-12(23-11)21-10-20-13-14(17)18-9-19-15(13)21/h9-13,15H,6-8H2,1-5H3,(H2,17,18,19)/t11-,12+,13?,15?/m0/s1. The molecule has 3 aliphatic heterocycles. The first-order valence-electron chi connectivity index (χ1n) is 8.64. The Morgan fingerprint density at radius 3 is 2.79 bits per heavy atom. The monoisotopic (exact) mass is 351 g/mol. The molecule has 0 aromatic rings. The van der Waals surface area contributed by atoms with E-state index in [1.54, 1.807) is 0 Å². The molecule has 0 spiro atoms. The summed E-state index contributed by atoms with van der Waals surface area (Å²) in [4.78, 5) is 14.9. The van der Waals surface area contributed by atoms with E-state index in [2.05, 4.69) is 53.7 Å². The van der Waals surface area contributed by atoms with E-state index in [9.17, 15) is 0 Å². The molecular weight excluding hydrogens is 322 g/mol. The molecule has 2 unspecified atom stereocenters. The number of fused-ring (bicyclic) bond motifs is 1. The molecule has 134 valence electrons. The Labute approximate surface area is 145 Å². The van der Waals surface area contributed by atoms with Crippen molar-refractivity contribution in [2.24, 2.45) is 20.7 Å². The third-order valence-corrected chi connectivity index (χ3v) is 10.0. The van der Waals surface area contributed by atoms with Crippen molar-refractivity contribution in [3.63, 3.8) is 0 Å². The SMILES string of the molecule is CC(C)(C)[Si](C)(C)OC[C@@H]1CC[C@H](N2C=NC3C(N)=NC=NC32)O1. The van der Waals surface area contributed by atoms with E-state index in [4.69, 9.17) is 14.9 Å². The van der Waals surface area contributed by atoms with E-state index in [-0.39, 0.29) is 29.6 Å². The third-order valence-electron chi connectivity index (χ3n) is 5.53. The van der Waals surface area contributed by atoms with E-state index in [0.29, 0.717) is 12.4 Å². The van der Waals surface area contributed by atoms with Gasteiger partial charge in [0, 0.05) is 0 Å². The fourth-order valence-corrected chi connectivity index (χ4v) is 3.92. The van der Waals surface area contributed by atoms with Crippen LogP contribution in [-0.2, 0) is 9.16 Å². The molecule has 0 bridgehead atoms. The lowest BCUT2D eigenvalue weighted by Crippen LogP contribution is -2.48. The van der Waals surface area contributed by atoms with Gasteiger partial charge in [0.25, 0.3) is 0 Å². The van der Waals surface area contributed by atoms with Gasteiger partial charge >= 0.3 is 0 Å². The molecule has 24 heavy (non-hydrogen) atoms. The van der Waals surface area contributed by atoms with Crippen LogP contribution in [0.4, 0.5) is 0 Å². The lowest BCUT2D eigenvalue weighted by molar-refractivity contribution is -0.0467. The number of rotatable bonds is 4. The van der Waals surface area contributed by atoms with Crippen molar-refractivity contribution in [1.82, 2.24) is 4.90 Å². The molecule has 0 aliphatic carbocycles. The molecule has 3 aliphatic rings. The molecule has 3 heterocycles. The third kappa shape index (κ3) is 3.27. The number of hydrogen-bond donors (Lipinski definition) is 1. The summed E-state index contributed by atoms with van der Waals surface area (Å²) in [6, 6.07) is -0.180. The highest BCUT2D eigenvalue weighted by Gasteiger charge is 2.42. The topological polar surface area (TPSA) is 84.8 Å². The number of nitrogens with two attached hydrogens (primary N) is 1. The van der Waals surface area contributed by atoms with Crippen LogP contribution in [0, 0.1) is 0 Å². The summed E-state index contributed by atoms with van der Waals surface area (Å²) in [7, 11) is -1.74. The van der Waals surface area contributed by atoms with Crippen molar-refractivity contribution in [1.29, 1.82) is 0 Å². The van der Waals surface area contributed by atoms with Crippen LogP contribution >= 0.6 is 0 Å². The molecule has 0 aromatic heterocycles. The lowest BCUT2D eigenvalue weighted by Gasteiger charge is -2.37. The van der Waals surface area contributed by atoms with E-state index >= 15 is 0 Å². The highest BCUT2D eigenvalue weighted by molar-refractivity contribution is 6.74. The smallest absolute Gasteiger partial charge is 0.192 e. The number of aliphatic imine (C=N–C) groups is 3. The normalized spacial score (nSPS) is 33.0. The van der Waals surface area contributed by atoms with Crippen LogP contribution in [0.25, 0.3) is 0 Å². The molecule has 0 radical (unpaired) electrons. The summed E-state index contributed by atoms with van der Waals surface area (Å²) in [5.41, 5.74) is 5.91. The van der Waals surface area contributed by atoms with E-state index < -0.39 is 8.32 Å². The Balaban J connectivity index is 1.54. The zero-order valence-corrected chi connectivity index (χ0v) is 16.3. The van der Waals surface area contributed by atoms with Crippen molar-refractivity contribution in [2.45, 2.75) is 76.3 Å². The summed E-state index contributed by atoms with van der Waals surface area (Å²) in [6.45, 7) is 12.0. The largest absolute Gasteiger partial charge is 0.414 e. The highest BCUT2D eigenvalue weighted by Crippen LogP contribution is 2.37. The Bertz CT molecular complexity index is 569. The van der Waals surface area contributed by atoms with Gasteiger partial charge in [0.05, 0.1) is 19.0 Å². The Morgan fingerprint density at radius 2 is 2.08 bits per heavy atom. The van der Waals surface area contributed by atoms with Gasteiger partial charge in [0.2, 0.25) is 0 Å². The minimum Gasteiger partial charge on any atom is -0.414 e. The minimum absolute atomic E-state index is 0.0141. The first-order valence-corrected chi connectivity index (χ1v) is 11.5. The molecule has 3 rings (SSSR count). The zero-order chi connectivity index (χ0) is 17.5. The van der Waals surface area contributed by atoms with Crippen molar-refractivity contribution >= 4 is 26.8 Å². The summed E-state index contributed by atoms with van der Waals surface area (Å²) in [5.74, 6) is 0.518. The highest BCUT2D eigenvalue weighted by atomic mass is 28.4. The van der Waals surface area contributed by atoms with Crippen molar-refractivity contribution in [3.05, 3.63) is 0 Å². The first kappa shape index (κ1) is 17.6. The zero-order valence-electron chi connectivity index (χ0n) is 15.3. The molecule has 8 heteroatoms. The molecule has 1 fully saturated rings. The summed E-state index contributed by atoms with van der Waals surface area (Å²) >= 11 is 0. The average molecular weight is 352 g/mol. The van der Waals surface area contributed by atoms with Crippen LogP contribution in [0.1, 0.15) is 33.6 Å². The van der Waals surface area contributed by atoms with Crippen molar-refractivity contribution in [2.75, 3.05) is 6.61 Å². The van der Waals surface area contributed by atoms with Crippen LogP contribution in [0.15, 0.2) is 15.0 Å². The second kappa shape index (κ2) is 6.23. The van der Waals surface area contributed by atoms with Gasteiger partial charge in [-0.2, -0.15) is 0 Å². The second-order valence-corrected chi connectivity index (χ2v) is 13.1. The Morgan fingerprint density at radius 1 is 1.33 bits per heavy atom. The number of amidine groups is 1. The Kier molecular flexibility index (Phi) is 4.56. The van der Waals surface area contributed by atoms with E-state index in [0.717, 1.165) is 12.8 Å². The average Bonchev–Trinajstić information content (AvgIpc) is 3.10. The van der Waals surface area contributed by atoms with Gasteiger partial charge in [0.15, 0.2) is 14.5 Å². The predicted molar refractivity (Wildman–Crippen MR) is 99.1 cm³/mol. The molecule has 0 amide bonds. The van der Waals surface area contributed by atoms with Gasteiger partial charge in [-0.05, 0) is 31.0 Å². The predicted octanol–water partition coefficient (Wildman–Crippen LogP) is 1.95. The van der Waals surface area contributed by atoms with Gasteiger partial charge in [-0.25, -0.2) is 9.98 Å². The number of nitrogens with zero attached hydrogens (tertiary/aromatic N) is 4. The summed E-state index contributed by atoms with van der Waals surface area (Å²) in [5, 5.41) is 0.216. The molecule has 2 N–H and O–H groups in total. The van der Waals surface area contributed by atoms with Gasteiger partial charge in [-0.15, -0.1) is 0 Å². The lowest BCUT2D eigenvalue weighted by atomic mass is 10.2. The first-order chi connectivity index (χ1) is 11.2. The Hall–Kier alpha value is -1.25. The number of hydrogen-bond acceptors (Lipinski definition) is 7. The maximum atomic E-state index is 6.31. The summed E-state index contributed by atoms with van der Waals surface area (Å²) in [6.07, 6.45) is 5.28. The van der Waals surface area contributed by atoms with Crippen molar-refractivity contribution < 1.29 is 9.16 Å². The van der Waals surface area contributed by atoms with Crippen LogP contribution in [0.3, 0.4) is 0 Å². The molecule has 7 nitrogen and oxygen atoms in total. The van der Waals surface area contributed by atoms with Gasteiger partial charge < -0.3 is 19.8 Å². The maximum absolute atomic E-state index is 6.31. The van der Waals surface area contributed by atoms with E-state index in [1.165, 1.54) is 6.34 Å². The van der Waals surface area contributed by atoms with Crippen LogP contribution in [-0.4, -0.2) is 62.9 Å². The fourth-order valence-electron chi connectivity index (χ4n) is 2.88. The molecular formula is C16H29N5O2Si. The maximum Gasteiger partial charge on any atom is 0.192 e. The van der Waals surface area contributed by atoms with Crippen LogP contribution < -0.4 is 5.73 Å². The molecule has 4 atom stereocenters. The molecule has 0 saturated carbocycles. The van der Waals surface area contributed by atoms with Crippen molar-refractivity contribution in [3.8, 4) is 0 Å². The van der Waals surface area contributed by atoms with Crippen LogP contribution in [0.2, 0.25) is 18.1 Å². The fraction of sp³-hybridized carbons (Fsp3) is 0.812. The molecule has 0 aromatic carbocycles. The summed E-state index contributed by atoms with van der Waals surface area (Å²) < 4.78 is 12.5. The van der Waals surface area contributed by atoms with E-state index in [1.807, 2.05) is 6.34 Å². The minimum atomic E-state index is -1.74. The second-order valence-electron chi connectivity index (χ2n) is 8.25. The van der Waals surface area contributed by atoms with Gasteiger partial charge in [-0.1, -0.05) is 20.8 Å². The van der Waals surface area contributed by atoms with Crippen LogP contribution in [0.5, 0.6) is 0 Å². The quantitative estimate of drug-likeness (QED) is 0.785. The van der Waals surface area contributed by atoms with Gasteiger partial charge in [0.1, 0.15) is 24.4 Å². The van der Waals surface area contributed by atoms with Gasteiger partial charge in [-0.3, -0.25) is 4.99 Å².